The lowest BCUT2D eigenvalue weighted by atomic mass is 9.94. The molecule has 198 valence electrons. The molecule has 0 aromatic heterocycles. The number of halogens is 1. The minimum absolute atomic E-state index is 0.152. The molecule has 2 aliphatic rings. The number of carbonyl (C=O) groups is 2. The van der Waals surface area contributed by atoms with Gasteiger partial charge in [-0.2, -0.15) is 4.31 Å². The van der Waals surface area contributed by atoms with E-state index in [-0.39, 0.29) is 30.2 Å². The van der Waals surface area contributed by atoms with Crippen molar-refractivity contribution in [3.05, 3.63) is 77.2 Å². The summed E-state index contributed by atoms with van der Waals surface area (Å²) in [6.07, 6.45) is 0.589. The van der Waals surface area contributed by atoms with Gasteiger partial charge in [-0.25, -0.2) is 22.4 Å². The fourth-order valence-corrected chi connectivity index (χ4v) is 6.09. The Kier molecular flexibility index (Phi) is 8.25. The number of carbonyl (C=O) groups excluding carboxylic acids is 2. The molecule has 2 aromatic rings. The maximum absolute atomic E-state index is 13.6. The Bertz CT molecular complexity index is 1270. The summed E-state index contributed by atoms with van der Waals surface area (Å²) < 4.78 is 46.6. The van der Waals surface area contributed by atoms with Crippen molar-refractivity contribution in [1.29, 1.82) is 0 Å². The topological polar surface area (TPSA) is 99.3 Å². The molecule has 4 rings (SSSR count). The fraction of sp³-hybridized carbons (Fsp3) is 0.385. The average molecular weight is 531 g/mol. The molecule has 0 aliphatic carbocycles. The van der Waals surface area contributed by atoms with Crippen LogP contribution in [0.5, 0.6) is 0 Å². The van der Waals surface area contributed by atoms with Gasteiger partial charge in [0.2, 0.25) is 10.0 Å². The molecule has 9 nitrogen and oxygen atoms in total. The number of esters is 1. The molecule has 0 saturated carbocycles. The predicted molar refractivity (Wildman–Crippen MR) is 135 cm³/mol. The second-order valence-corrected chi connectivity index (χ2v) is 10.9. The molecule has 37 heavy (non-hydrogen) atoms. The van der Waals surface area contributed by atoms with Gasteiger partial charge >= 0.3 is 12.0 Å². The van der Waals surface area contributed by atoms with Crippen molar-refractivity contribution in [3.63, 3.8) is 0 Å². The monoisotopic (exact) mass is 530 g/mol. The van der Waals surface area contributed by atoms with Crippen LogP contribution in [0.15, 0.2) is 70.8 Å². The van der Waals surface area contributed by atoms with E-state index in [4.69, 9.17) is 4.74 Å². The number of amides is 2. The van der Waals surface area contributed by atoms with E-state index in [1.807, 2.05) is 4.90 Å². The van der Waals surface area contributed by atoms with Gasteiger partial charge in [0.15, 0.2) is 0 Å². The first-order valence-corrected chi connectivity index (χ1v) is 13.6. The third-order valence-electron chi connectivity index (χ3n) is 6.58. The van der Waals surface area contributed by atoms with E-state index in [0.717, 1.165) is 0 Å². The molecular formula is C26H31FN4O5S. The van der Waals surface area contributed by atoms with Gasteiger partial charge in [0.25, 0.3) is 0 Å². The van der Waals surface area contributed by atoms with Crippen LogP contribution >= 0.6 is 0 Å². The number of nitrogens with zero attached hydrogens (tertiary/aromatic N) is 3. The average Bonchev–Trinajstić information content (AvgIpc) is 3.14. The normalized spacial score (nSPS) is 19.9. The largest absolute Gasteiger partial charge is 0.463 e. The van der Waals surface area contributed by atoms with Gasteiger partial charge in [0.05, 0.1) is 23.1 Å². The van der Waals surface area contributed by atoms with E-state index in [9.17, 15) is 22.4 Å². The molecular weight excluding hydrogens is 499 g/mol. The first-order chi connectivity index (χ1) is 17.7. The predicted octanol–water partition coefficient (Wildman–Crippen LogP) is 2.74. The van der Waals surface area contributed by atoms with E-state index < -0.39 is 33.9 Å². The van der Waals surface area contributed by atoms with Crippen molar-refractivity contribution in [2.45, 2.75) is 24.3 Å². The number of hydrogen-bond acceptors (Lipinski definition) is 6. The zero-order chi connectivity index (χ0) is 26.6. The first-order valence-electron chi connectivity index (χ1n) is 12.2. The Labute approximate surface area is 216 Å². The second-order valence-electron chi connectivity index (χ2n) is 8.92. The van der Waals surface area contributed by atoms with Crippen molar-refractivity contribution in [2.24, 2.45) is 0 Å². The van der Waals surface area contributed by atoms with Gasteiger partial charge in [-0.05, 0) is 49.7 Å². The fourth-order valence-electron chi connectivity index (χ4n) is 4.60. The maximum Gasteiger partial charge on any atom is 0.338 e. The molecule has 1 atom stereocenters. The van der Waals surface area contributed by atoms with Gasteiger partial charge < -0.3 is 10.1 Å². The summed E-state index contributed by atoms with van der Waals surface area (Å²) in [5, 5.41) is 2.82. The highest BCUT2D eigenvalue weighted by atomic mass is 32.2. The molecule has 11 heteroatoms. The molecule has 1 N–H and O–H groups in total. The van der Waals surface area contributed by atoms with E-state index in [2.05, 4.69) is 5.32 Å². The van der Waals surface area contributed by atoms with E-state index >= 15 is 0 Å². The first kappa shape index (κ1) is 26.8. The summed E-state index contributed by atoms with van der Waals surface area (Å²) in [6, 6.07) is 12.7. The van der Waals surface area contributed by atoms with Crippen LogP contribution in [0.1, 0.15) is 24.9 Å². The van der Waals surface area contributed by atoms with Crippen LogP contribution in [0.4, 0.5) is 9.18 Å². The lowest BCUT2D eigenvalue weighted by Crippen LogP contribution is -2.49. The summed E-state index contributed by atoms with van der Waals surface area (Å²) in [5.41, 5.74) is 1.30. The summed E-state index contributed by atoms with van der Waals surface area (Å²) in [5.74, 6) is -0.994. The molecule has 0 radical (unpaired) electrons. The lowest BCUT2D eigenvalue weighted by Gasteiger charge is -2.36. The van der Waals surface area contributed by atoms with Crippen molar-refractivity contribution in [2.75, 3.05) is 46.4 Å². The van der Waals surface area contributed by atoms with Crippen LogP contribution < -0.4 is 5.32 Å². The molecule has 2 amide bonds. The van der Waals surface area contributed by atoms with E-state index in [1.165, 1.54) is 33.5 Å². The summed E-state index contributed by atoms with van der Waals surface area (Å²) in [4.78, 5) is 29.7. The summed E-state index contributed by atoms with van der Waals surface area (Å²) >= 11 is 0. The Morgan fingerprint density at radius 2 is 1.76 bits per heavy atom. The highest BCUT2D eigenvalue weighted by Gasteiger charge is 2.38. The molecule has 2 aliphatic heterocycles. The highest BCUT2D eigenvalue weighted by molar-refractivity contribution is 7.89. The van der Waals surface area contributed by atoms with Crippen LogP contribution in [0.2, 0.25) is 0 Å². The van der Waals surface area contributed by atoms with Crippen LogP contribution in [0, 0.1) is 5.82 Å². The van der Waals surface area contributed by atoms with Gasteiger partial charge in [-0.15, -0.1) is 0 Å². The number of rotatable bonds is 7. The van der Waals surface area contributed by atoms with Crippen molar-refractivity contribution in [1.82, 2.24) is 19.4 Å². The van der Waals surface area contributed by atoms with Gasteiger partial charge in [-0.3, -0.25) is 9.80 Å². The lowest BCUT2D eigenvalue weighted by molar-refractivity contribution is -0.139. The minimum Gasteiger partial charge on any atom is -0.463 e. The number of nitrogens with one attached hydrogen (secondary N) is 1. The van der Waals surface area contributed by atoms with Crippen molar-refractivity contribution >= 4 is 22.0 Å². The number of hydrogen-bond donors (Lipinski definition) is 1. The van der Waals surface area contributed by atoms with Crippen LogP contribution in [-0.4, -0.2) is 80.9 Å². The summed E-state index contributed by atoms with van der Waals surface area (Å²) in [6.45, 7) is 3.74. The second kappa shape index (κ2) is 11.4. The number of benzene rings is 2. The highest BCUT2D eigenvalue weighted by Crippen LogP contribution is 2.32. The van der Waals surface area contributed by atoms with Gasteiger partial charge in [0.1, 0.15) is 5.82 Å². The number of urea groups is 1. The van der Waals surface area contributed by atoms with Crippen molar-refractivity contribution in [3.8, 4) is 0 Å². The molecule has 0 bridgehead atoms. The number of likely N-dealkylation sites (N-methyl/N-ethyl adjacent to an activating group) is 1. The zero-order valence-electron chi connectivity index (χ0n) is 20.9. The Morgan fingerprint density at radius 1 is 1.05 bits per heavy atom. The standard InChI is InChI=1S/C26H31FN4O5S/c1-3-36-25(32)23-22(29(2)26(33)28-24(23)19-10-12-20(27)13-11-19)18-30-14-7-15-31(17-16-30)37(34,35)21-8-5-4-6-9-21/h4-6,8-13,24H,3,7,14-18H2,1-2H3,(H,28,33)/t24-/m0/s1. The Hall–Kier alpha value is -3.28. The quantitative estimate of drug-likeness (QED) is 0.553. The smallest absolute Gasteiger partial charge is 0.338 e. The third kappa shape index (κ3) is 5.84. The molecule has 0 unspecified atom stereocenters. The Balaban J connectivity index is 1.62. The molecule has 2 aromatic carbocycles. The zero-order valence-corrected chi connectivity index (χ0v) is 21.7. The molecule has 1 saturated heterocycles. The van der Waals surface area contributed by atoms with Crippen molar-refractivity contribution < 1.29 is 27.1 Å². The van der Waals surface area contributed by atoms with Crippen LogP contribution in [-0.2, 0) is 19.6 Å². The minimum atomic E-state index is -3.63. The molecule has 2 heterocycles. The van der Waals surface area contributed by atoms with Crippen LogP contribution in [0.25, 0.3) is 0 Å². The van der Waals surface area contributed by atoms with Gasteiger partial charge in [0, 0.05) is 38.9 Å². The maximum atomic E-state index is 13.6. The third-order valence-corrected chi connectivity index (χ3v) is 8.49. The van der Waals surface area contributed by atoms with Gasteiger partial charge in [-0.1, -0.05) is 30.3 Å². The Morgan fingerprint density at radius 3 is 2.43 bits per heavy atom. The molecule has 0 spiro atoms. The molecule has 1 fully saturated rings. The SMILES string of the molecule is CCOC(=O)C1=C(CN2CCCN(S(=O)(=O)c3ccccc3)CC2)N(C)C(=O)N[C@H]1c1ccc(F)cc1. The van der Waals surface area contributed by atoms with E-state index in [0.29, 0.717) is 37.3 Å². The summed E-state index contributed by atoms with van der Waals surface area (Å²) in [7, 11) is -2.05. The van der Waals surface area contributed by atoms with Crippen LogP contribution in [0.3, 0.4) is 0 Å². The van der Waals surface area contributed by atoms with E-state index in [1.54, 1.807) is 44.3 Å². The number of sulfonamides is 1. The number of ether oxygens (including phenoxy) is 1.